The maximum absolute atomic E-state index is 13.1. The largest absolute Gasteiger partial charge is 0.461 e. The number of nitrogens with zero attached hydrogens (tertiary/aromatic N) is 4. The van der Waals surface area contributed by atoms with E-state index >= 15 is 0 Å². The molecule has 1 amide bonds. The summed E-state index contributed by atoms with van der Waals surface area (Å²) >= 11 is 0. The molecule has 1 N–H and O–H groups in total. The van der Waals surface area contributed by atoms with Crippen LogP contribution in [0.25, 0.3) is 11.0 Å². The Bertz CT molecular complexity index is 1000. The molecule has 7 nitrogen and oxygen atoms in total. The van der Waals surface area contributed by atoms with Gasteiger partial charge in [-0.15, -0.1) is 0 Å². The highest BCUT2D eigenvalue weighted by molar-refractivity contribution is 5.97. The fourth-order valence-corrected chi connectivity index (χ4v) is 3.75. The molecule has 0 fully saturated rings. The highest BCUT2D eigenvalue weighted by Crippen LogP contribution is 2.23. The quantitative estimate of drug-likeness (QED) is 0.751. The molecule has 0 bridgehead atoms. The van der Waals surface area contributed by atoms with Gasteiger partial charge < -0.3 is 19.3 Å². The molecule has 28 heavy (non-hydrogen) atoms. The molecule has 3 aromatic rings. The van der Waals surface area contributed by atoms with Crippen molar-refractivity contribution in [3.8, 4) is 0 Å². The number of carbonyl (C=O) groups is 1. The third-order valence-corrected chi connectivity index (χ3v) is 5.09. The van der Waals surface area contributed by atoms with Crippen molar-refractivity contribution < 1.29 is 14.3 Å². The lowest BCUT2D eigenvalue weighted by molar-refractivity contribution is 0.0746. The van der Waals surface area contributed by atoms with Gasteiger partial charge in [0.2, 0.25) is 0 Å². The molecule has 0 spiro atoms. The smallest absolute Gasteiger partial charge is 0.254 e. The van der Waals surface area contributed by atoms with Gasteiger partial charge >= 0.3 is 0 Å². The van der Waals surface area contributed by atoms with E-state index in [1.54, 1.807) is 0 Å². The SMILES string of the molecule is Cc1cc2cc(C(=O)N3CCCn4nc(C(O)CN(C)C)cc4C3)ccc2o1. The van der Waals surface area contributed by atoms with Crippen LogP contribution in [-0.2, 0) is 13.1 Å². The van der Waals surface area contributed by atoms with Crippen molar-refractivity contribution in [2.45, 2.75) is 32.5 Å². The number of aliphatic hydroxyl groups excluding tert-OH is 1. The average Bonchev–Trinajstić information content (AvgIpc) is 3.16. The van der Waals surface area contributed by atoms with Crippen molar-refractivity contribution in [2.75, 3.05) is 27.2 Å². The van der Waals surface area contributed by atoms with Crippen LogP contribution < -0.4 is 0 Å². The van der Waals surface area contributed by atoms with Gasteiger partial charge in [0.15, 0.2) is 0 Å². The first kappa shape index (κ1) is 18.7. The van der Waals surface area contributed by atoms with Crippen LogP contribution in [0.1, 0.15) is 40.0 Å². The standard InChI is InChI=1S/C21H26N4O3/c1-14-9-16-10-15(5-6-20(16)28-14)21(27)24-7-4-8-25-17(12-24)11-18(22-25)19(26)13-23(2)3/h5-6,9-11,19,26H,4,7-8,12-13H2,1-3H3. The minimum absolute atomic E-state index is 0.00536. The van der Waals surface area contributed by atoms with Crippen molar-refractivity contribution in [2.24, 2.45) is 0 Å². The summed E-state index contributed by atoms with van der Waals surface area (Å²) in [6, 6.07) is 9.43. The van der Waals surface area contributed by atoms with Crippen LogP contribution in [0.15, 0.2) is 34.7 Å². The fourth-order valence-electron chi connectivity index (χ4n) is 3.75. The van der Waals surface area contributed by atoms with E-state index in [1.807, 2.05) is 65.8 Å². The second kappa shape index (κ2) is 7.41. The molecule has 1 atom stereocenters. The van der Waals surface area contributed by atoms with Crippen LogP contribution in [0.4, 0.5) is 0 Å². The summed E-state index contributed by atoms with van der Waals surface area (Å²) in [6.07, 6.45) is 0.196. The Morgan fingerprint density at radius 3 is 2.89 bits per heavy atom. The molecule has 0 aliphatic carbocycles. The first-order valence-corrected chi connectivity index (χ1v) is 9.59. The molecule has 1 aliphatic rings. The number of fused-ring (bicyclic) bond motifs is 2. The van der Waals surface area contributed by atoms with Crippen LogP contribution in [0, 0.1) is 6.92 Å². The van der Waals surface area contributed by atoms with Gasteiger partial charge in [-0.25, -0.2) is 0 Å². The third kappa shape index (κ3) is 3.68. The minimum Gasteiger partial charge on any atom is -0.461 e. The molecule has 4 rings (SSSR count). The van der Waals surface area contributed by atoms with Crippen molar-refractivity contribution >= 4 is 16.9 Å². The predicted molar refractivity (Wildman–Crippen MR) is 106 cm³/mol. The fraction of sp³-hybridized carbons (Fsp3) is 0.429. The first-order chi connectivity index (χ1) is 13.4. The molecule has 148 valence electrons. The number of aromatic nitrogens is 2. The molecular weight excluding hydrogens is 356 g/mol. The van der Waals surface area contributed by atoms with Crippen molar-refractivity contribution in [3.05, 3.63) is 53.0 Å². The Balaban J connectivity index is 1.55. The zero-order valence-electron chi connectivity index (χ0n) is 16.6. The second-order valence-electron chi connectivity index (χ2n) is 7.75. The van der Waals surface area contributed by atoms with E-state index in [4.69, 9.17) is 4.42 Å². The Morgan fingerprint density at radius 1 is 1.29 bits per heavy atom. The predicted octanol–water partition coefficient (Wildman–Crippen LogP) is 2.58. The molecule has 0 saturated carbocycles. The van der Waals surface area contributed by atoms with Crippen molar-refractivity contribution in [1.82, 2.24) is 19.6 Å². The van der Waals surface area contributed by atoms with Gasteiger partial charge in [-0.05, 0) is 57.8 Å². The zero-order chi connectivity index (χ0) is 19.8. The number of aryl methyl sites for hydroxylation is 2. The maximum Gasteiger partial charge on any atom is 0.254 e. The lowest BCUT2D eigenvalue weighted by Gasteiger charge is -2.20. The monoisotopic (exact) mass is 382 g/mol. The minimum atomic E-state index is -0.634. The van der Waals surface area contributed by atoms with E-state index in [0.29, 0.717) is 30.9 Å². The summed E-state index contributed by atoms with van der Waals surface area (Å²) in [5, 5.41) is 15.9. The number of likely N-dealkylation sites (N-methyl/N-ethyl adjacent to an activating group) is 1. The van der Waals surface area contributed by atoms with E-state index in [1.165, 1.54) is 0 Å². The lowest BCUT2D eigenvalue weighted by Crippen LogP contribution is -2.30. The van der Waals surface area contributed by atoms with Gasteiger partial charge in [0.05, 0.1) is 17.9 Å². The lowest BCUT2D eigenvalue weighted by atomic mass is 10.1. The van der Waals surface area contributed by atoms with Crippen LogP contribution in [-0.4, -0.2) is 57.8 Å². The summed E-state index contributed by atoms with van der Waals surface area (Å²) in [7, 11) is 3.84. The summed E-state index contributed by atoms with van der Waals surface area (Å²) in [5.74, 6) is 0.841. The summed E-state index contributed by atoms with van der Waals surface area (Å²) < 4.78 is 7.52. The molecule has 2 aromatic heterocycles. The first-order valence-electron chi connectivity index (χ1n) is 9.59. The van der Waals surface area contributed by atoms with Gasteiger partial charge in [0.1, 0.15) is 17.4 Å². The molecular formula is C21H26N4O3. The maximum atomic E-state index is 13.1. The molecule has 1 unspecified atom stereocenters. The number of benzene rings is 1. The van der Waals surface area contributed by atoms with Gasteiger partial charge in [-0.3, -0.25) is 9.48 Å². The number of furan rings is 1. The van der Waals surface area contributed by atoms with Crippen LogP contribution in [0.3, 0.4) is 0 Å². The van der Waals surface area contributed by atoms with E-state index in [9.17, 15) is 9.90 Å². The third-order valence-electron chi connectivity index (χ3n) is 5.09. The normalized spacial score (nSPS) is 15.7. The molecule has 1 aliphatic heterocycles. The number of rotatable bonds is 4. The molecule has 0 saturated heterocycles. The highest BCUT2D eigenvalue weighted by Gasteiger charge is 2.24. The summed E-state index contributed by atoms with van der Waals surface area (Å²) in [4.78, 5) is 16.9. The number of hydrogen-bond acceptors (Lipinski definition) is 5. The number of aliphatic hydroxyl groups is 1. The van der Waals surface area contributed by atoms with Crippen LogP contribution in [0.5, 0.6) is 0 Å². The molecule has 1 aromatic carbocycles. The Morgan fingerprint density at radius 2 is 2.11 bits per heavy atom. The molecule has 0 radical (unpaired) electrons. The van der Waals surface area contributed by atoms with E-state index < -0.39 is 6.10 Å². The Hall–Kier alpha value is -2.64. The number of carbonyl (C=O) groups excluding carboxylic acids is 1. The van der Waals surface area contributed by atoms with Crippen molar-refractivity contribution in [3.63, 3.8) is 0 Å². The number of hydrogen-bond donors (Lipinski definition) is 1. The van der Waals surface area contributed by atoms with Gasteiger partial charge in [-0.2, -0.15) is 5.10 Å². The topological polar surface area (TPSA) is 74.7 Å². The van der Waals surface area contributed by atoms with Gasteiger partial charge in [0, 0.05) is 30.6 Å². The zero-order valence-corrected chi connectivity index (χ0v) is 16.6. The Labute approximate surface area is 164 Å². The average molecular weight is 382 g/mol. The molecule has 3 heterocycles. The van der Waals surface area contributed by atoms with Crippen LogP contribution in [0.2, 0.25) is 0 Å². The van der Waals surface area contributed by atoms with Gasteiger partial charge in [0.25, 0.3) is 5.91 Å². The molecule has 7 heteroatoms. The Kier molecular flexibility index (Phi) is 4.95. The summed E-state index contributed by atoms with van der Waals surface area (Å²) in [6.45, 7) is 4.33. The summed E-state index contributed by atoms with van der Waals surface area (Å²) in [5.41, 5.74) is 3.07. The number of amides is 1. The van der Waals surface area contributed by atoms with E-state index in [0.717, 1.165) is 35.4 Å². The van der Waals surface area contributed by atoms with E-state index in [2.05, 4.69) is 5.10 Å². The van der Waals surface area contributed by atoms with Gasteiger partial charge in [-0.1, -0.05) is 0 Å². The van der Waals surface area contributed by atoms with Crippen molar-refractivity contribution in [1.29, 1.82) is 0 Å². The second-order valence-corrected chi connectivity index (χ2v) is 7.75. The van der Waals surface area contributed by atoms with Crippen LogP contribution >= 0.6 is 0 Å². The van der Waals surface area contributed by atoms with E-state index in [-0.39, 0.29) is 5.91 Å². The highest BCUT2D eigenvalue weighted by atomic mass is 16.3.